The third kappa shape index (κ3) is 2.45. The molecule has 0 aromatic heterocycles. The lowest BCUT2D eigenvalue weighted by molar-refractivity contribution is 0.0761. The zero-order valence-corrected chi connectivity index (χ0v) is 9.29. The van der Waals surface area contributed by atoms with E-state index in [9.17, 15) is 18.3 Å². The molecule has 3 atom stereocenters. The summed E-state index contributed by atoms with van der Waals surface area (Å²) in [7, 11) is 0. The number of aliphatic hydroxyl groups excluding tert-OH is 1. The van der Waals surface area contributed by atoms with E-state index in [0.29, 0.717) is 18.6 Å². The van der Waals surface area contributed by atoms with Crippen LogP contribution in [0.4, 0.5) is 13.2 Å². The number of benzene rings is 1. The van der Waals surface area contributed by atoms with E-state index >= 15 is 0 Å². The van der Waals surface area contributed by atoms with Crippen LogP contribution in [0.1, 0.15) is 25.0 Å². The van der Waals surface area contributed by atoms with Gasteiger partial charge in [-0.05, 0) is 13.3 Å². The molecular formula is C12H13F3O2. The maximum absolute atomic E-state index is 13.4. The van der Waals surface area contributed by atoms with Gasteiger partial charge in [0.15, 0.2) is 0 Å². The predicted octanol–water partition coefficient (Wildman–Crippen LogP) is 2.56. The highest BCUT2D eigenvalue weighted by atomic mass is 19.1. The summed E-state index contributed by atoms with van der Waals surface area (Å²) in [4.78, 5) is 0. The average Bonchev–Trinajstić information content (AvgIpc) is 2.63. The molecule has 1 aliphatic rings. The first-order valence-electron chi connectivity index (χ1n) is 5.43. The van der Waals surface area contributed by atoms with E-state index in [1.54, 1.807) is 0 Å². The zero-order valence-electron chi connectivity index (χ0n) is 9.29. The highest BCUT2D eigenvalue weighted by molar-refractivity contribution is 5.23. The smallest absolute Gasteiger partial charge is 0.134 e. The number of halogens is 3. The SMILES string of the molecule is CC1CC(C(O)c2c(F)cc(F)cc2F)CO1. The molecule has 0 aliphatic carbocycles. The Kier molecular flexibility index (Phi) is 3.40. The Labute approximate surface area is 97.0 Å². The summed E-state index contributed by atoms with van der Waals surface area (Å²) in [5.41, 5.74) is -0.478. The first-order valence-corrected chi connectivity index (χ1v) is 5.43. The number of hydrogen-bond donors (Lipinski definition) is 1. The number of aliphatic hydroxyl groups is 1. The molecule has 1 fully saturated rings. The summed E-state index contributed by atoms with van der Waals surface area (Å²) >= 11 is 0. The second-order valence-electron chi connectivity index (χ2n) is 4.37. The van der Waals surface area contributed by atoms with Crippen LogP contribution in [0.2, 0.25) is 0 Å². The lowest BCUT2D eigenvalue weighted by Crippen LogP contribution is -2.16. The highest BCUT2D eigenvalue weighted by Gasteiger charge is 2.32. The Balaban J connectivity index is 2.27. The molecule has 1 aromatic carbocycles. The van der Waals surface area contributed by atoms with Crippen LogP contribution in [0.25, 0.3) is 0 Å². The van der Waals surface area contributed by atoms with Gasteiger partial charge in [-0.15, -0.1) is 0 Å². The van der Waals surface area contributed by atoms with E-state index in [-0.39, 0.29) is 18.6 Å². The third-order valence-electron chi connectivity index (χ3n) is 3.02. The Bertz CT molecular complexity index is 399. The van der Waals surface area contributed by atoms with Crippen molar-refractivity contribution in [1.82, 2.24) is 0 Å². The second-order valence-corrected chi connectivity index (χ2v) is 4.37. The summed E-state index contributed by atoms with van der Waals surface area (Å²) in [6, 6.07) is 1.14. The van der Waals surface area contributed by atoms with Crippen molar-refractivity contribution in [3.63, 3.8) is 0 Å². The van der Waals surface area contributed by atoms with Crippen molar-refractivity contribution in [3.8, 4) is 0 Å². The summed E-state index contributed by atoms with van der Waals surface area (Å²) in [6.45, 7) is 2.07. The van der Waals surface area contributed by atoms with Crippen LogP contribution in [0, 0.1) is 23.4 Å². The van der Waals surface area contributed by atoms with Crippen molar-refractivity contribution in [2.75, 3.05) is 6.61 Å². The topological polar surface area (TPSA) is 29.5 Å². The predicted molar refractivity (Wildman–Crippen MR) is 54.8 cm³/mol. The van der Waals surface area contributed by atoms with Gasteiger partial charge in [-0.3, -0.25) is 0 Å². The first-order chi connectivity index (χ1) is 7.99. The Morgan fingerprint density at radius 1 is 1.29 bits per heavy atom. The van der Waals surface area contributed by atoms with Crippen molar-refractivity contribution < 1.29 is 23.0 Å². The maximum atomic E-state index is 13.4. The van der Waals surface area contributed by atoms with Gasteiger partial charge in [0.1, 0.15) is 17.5 Å². The molecule has 5 heteroatoms. The minimum absolute atomic E-state index is 0.0405. The average molecular weight is 246 g/mol. The fourth-order valence-corrected chi connectivity index (χ4v) is 2.14. The summed E-state index contributed by atoms with van der Waals surface area (Å²) in [5.74, 6) is -3.48. The molecule has 1 aliphatic heterocycles. The van der Waals surface area contributed by atoms with Crippen LogP contribution in [0.3, 0.4) is 0 Å². The summed E-state index contributed by atoms with van der Waals surface area (Å²) in [6.07, 6.45) is -0.820. The second kappa shape index (κ2) is 4.66. The van der Waals surface area contributed by atoms with Gasteiger partial charge >= 0.3 is 0 Å². The minimum atomic E-state index is -1.31. The van der Waals surface area contributed by atoms with Crippen LogP contribution in [-0.4, -0.2) is 17.8 Å². The van der Waals surface area contributed by atoms with Crippen molar-refractivity contribution in [3.05, 3.63) is 35.1 Å². The molecule has 0 amide bonds. The van der Waals surface area contributed by atoms with Crippen LogP contribution >= 0.6 is 0 Å². The molecule has 0 saturated carbocycles. The van der Waals surface area contributed by atoms with Crippen molar-refractivity contribution in [2.24, 2.45) is 5.92 Å². The first kappa shape index (κ1) is 12.4. The third-order valence-corrected chi connectivity index (χ3v) is 3.02. The van der Waals surface area contributed by atoms with E-state index < -0.39 is 29.1 Å². The van der Waals surface area contributed by atoms with Crippen LogP contribution in [0.5, 0.6) is 0 Å². The molecule has 17 heavy (non-hydrogen) atoms. The standard InChI is InChI=1S/C12H13F3O2/c1-6-2-7(5-17-6)12(16)11-9(14)3-8(13)4-10(11)15/h3-4,6-7,12,16H,2,5H2,1H3. The summed E-state index contributed by atoms with van der Waals surface area (Å²) < 4.78 is 44.8. The molecular weight excluding hydrogens is 233 g/mol. The van der Waals surface area contributed by atoms with Gasteiger partial charge in [0.05, 0.1) is 24.4 Å². The Morgan fingerprint density at radius 2 is 1.88 bits per heavy atom. The van der Waals surface area contributed by atoms with Crippen LogP contribution < -0.4 is 0 Å². The highest BCUT2D eigenvalue weighted by Crippen LogP contribution is 2.34. The lowest BCUT2D eigenvalue weighted by Gasteiger charge is -2.18. The van der Waals surface area contributed by atoms with Gasteiger partial charge in [0.2, 0.25) is 0 Å². The molecule has 1 saturated heterocycles. The van der Waals surface area contributed by atoms with Crippen molar-refractivity contribution >= 4 is 0 Å². The number of rotatable bonds is 2. The van der Waals surface area contributed by atoms with Gasteiger partial charge in [-0.2, -0.15) is 0 Å². The molecule has 1 aromatic rings. The van der Waals surface area contributed by atoms with E-state index in [0.717, 1.165) is 0 Å². The van der Waals surface area contributed by atoms with Crippen molar-refractivity contribution in [2.45, 2.75) is 25.6 Å². The van der Waals surface area contributed by atoms with E-state index in [2.05, 4.69) is 0 Å². The zero-order chi connectivity index (χ0) is 12.6. The molecule has 0 radical (unpaired) electrons. The fourth-order valence-electron chi connectivity index (χ4n) is 2.14. The fraction of sp³-hybridized carbons (Fsp3) is 0.500. The minimum Gasteiger partial charge on any atom is -0.388 e. The molecule has 94 valence electrons. The molecule has 1 heterocycles. The Morgan fingerprint density at radius 3 is 2.35 bits per heavy atom. The van der Waals surface area contributed by atoms with Gasteiger partial charge < -0.3 is 9.84 Å². The van der Waals surface area contributed by atoms with E-state index in [4.69, 9.17) is 4.74 Å². The maximum Gasteiger partial charge on any atom is 0.134 e. The quantitative estimate of drug-likeness (QED) is 0.869. The number of hydrogen-bond acceptors (Lipinski definition) is 2. The number of ether oxygens (including phenoxy) is 1. The van der Waals surface area contributed by atoms with Crippen LogP contribution in [-0.2, 0) is 4.74 Å². The van der Waals surface area contributed by atoms with Crippen LogP contribution in [0.15, 0.2) is 12.1 Å². The van der Waals surface area contributed by atoms with Gasteiger partial charge in [0, 0.05) is 18.1 Å². The van der Waals surface area contributed by atoms with Crippen molar-refractivity contribution in [1.29, 1.82) is 0 Å². The molecule has 1 N–H and O–H groups in total. The molecule has 3 unspecified atom stereocenters. The van der Waals surface area contributed by atoms with Gasteiger partial charge in [-0.1, -0.05) is 0 Å². The Hall–Kier alpha value is -1.07. The molecule has 2 rings (SSSR count). The van der Waals surface area contributed by atoms with E-state index in [1.165, 1.54) is 0 Å². The van der Waals surface area contributed by atoms with E-state index in [1.807, 2.05) is 6.92 Å². The lowest BCUT2D eigenvalue weighted by atomic mass is 9.93. The van der Waals surface area contributed by atoms with Gasteiger partial charge in [0.25, 0.3) is 0 Å². The normalized spacial score (nSPS) is 26.2. The summed E-state index contributed by atoms with van der Waals surface area (Å²) in [5, 5.41) is 9.91. The van der Waals surface area contributed by atoms with Gasteiger partial charge in [-0.25, -0.2) is 13.2 Å². The molecule has 0 bridgehead atoms. The largest absolute Gasteiger partial charge is 0.388 e. The molecule has 2 nitrogen and oxygen atoms in total. The monoisotopic (exact) mass is 246 g/mol. The molecule has 0 spiro atoms.